The van der Waals surface area contributed by atoms with E-state index >= 15 is 0 Å². The van der Waals surface area contributed by atoms with E-state index in [-0.39, 0.29) is 30.2 Å². The van der Waals surface area contributed by atoms with Crippen molar-refractivity contribution in [3.63, 3.8) is 0 Å². The molecule has 1 fully saturated rings. The van der Waals surface area contributed by atoms with E-state index in [2.05, 4.69) is 10.3 Å². The lowest BCUT2D eigenvalue weighted by molar-refractivity contribution is -0.139. The molecule has 8 nitrogen and oxygen atoms in total. The molecule has 0 aliphatic carbocycles. The van der Waals surface area contributed by atoms with Gasteiger partial charge in [-0.3, -0.25) is 14.7 Å². The van der Waals surface area contributed by atoms with Crippen LogP contribution in [-0.2, 0) is 14.3 Å². The maximum Gasteiger partial charge on any atom is 0.338 e. The summed E-state index contributed by atoms with van der Waals surface area (Å²) in [6.07, 6.45) is 0.857. The van der Waals surface area contributed by atoms with Gasteiger partial charge in [0, 0.05) is 58.3 Å². The standard InChI is InChI=1S/C25H26Cl2F2N4O4S/c1-3-37-24(36)20-17(11-33-12-25(28,29)10-18(33)13(2)8-19(34)35)31-22(23-30-6-7-38-23)32-21(20)15-5-4-14(26)9-16(15)27/h4-7,9,13,18,21H,3,8,10-12H2,1-2H3,(H,31,32)(H,34,35). The van der Waals surface area contributed by atoms with E-state index in [0.29, 0.717) is 27.1 Å². The highest BCUT2D eigenvalue weighted by atomic mass is 35.5. The number of carboxylic acids is 1. The predicted molar refractivity (Wildman–Crippen MR) is 141 cm³/mol. The molecule has 3 atom stereocenters. The Kier molecular flexibility index (Phi) is 8.71. The third-order valence-corrected chi connectivity index (χ3v) is 7.78. The van der Waals surface area contributed by atoms with Gasteiger partial charge in [-0.05, 0) is 25.0 Å². The highest BCUT2D eigenvalue weighted by Gasteiger charge is 2.48. The molecular weight excluding hydrogens is 561 g/mol. The minimum absolute atomic E-state index is 0.0831. The van der Waals surface area contributed by atoms with E-state index < -0.39 is 48.8 Å². The fourth-order valence-electron chi connectivity index (χ4n) is 4.83. The van der Waals surface area contributed by atoms with Gasteiger partial charge in [0.05, 0.1) is 18.7 Å². The number of nitrogens with one attached hydrogen (secondary N) is 1. The smallest absolute Gasteiger partial charge is 0.338 e. The van der Waals surface area contributed by atoms with Gasteiger partial charge >= 0.3 is 11.9 Å². The van der Waals surface area contributed by atoms with Crippen LogP contribution < -0.4 is 5.32 Å². The number of amidine groups is 1. The van der Waals surface area contributed by atoms with Gasteiger partial charge in [-0.25, -0.2) is 18.6 Å². The van der Waals surface area contributed by atoms with Gasteiger partial charge in [0.15, 0.2) is 10.8 Å². The molecule has 0 amide bonds. The average molecular weight is 587 g/mol. The minimum Gasteiger partial charge on any atom is -0.481 e. The number of aromatic nitrogens is 1. The summed E-state index contributed by atoms with van der Waals surface area (Å²) in [5, 5.41) is 15.4. The lowest BCUT2D eigenvalue weighted by Gasteiger charge is -2.33. The molecule has 0 saturated carbocycles. The van der Waals surface area contributed by atoms with Gasteiger partial charge in [0.2, 0.25) is 0 Å². The topological polar surface area (TPSA) is 104 Å². The van der Waals surface area contributed by atoms with Crippen LogP contribution in [0.25, 0.3) is 0 Å². The lowest BCUT2D eigenvalue weighted by Crippen LogP contribution is -2.43. The molecule has 1 aromatic heterocycles. The first-order chi connectivity index (χ1) is 18.0. The maximum absolute atomic E-state index is 14.6. The van der Waals surface area contributed by atoms with Crippen molar-refractivity contribution < 1.29 is 28.2 Å². The number of carbonyl (C=O) groups is 2. The van der Waals surface area contributed by atoms with Crippen LogP contribution in [0.3, 0.4) is 0 Å². The molecule has 0 spiro atoms. The monoisotopic (exact) mass is 586 g/mol. The first-order valence-corrected chi connectivity index (χ1v) is 13.6. The van der Waals surface area contributed by atoms with E-state index in [0.717, 1.165) is 0 Å². The highest BCUT2D eigenvalue weighted by Crippen LogP contribution is 2.40. The number of rotatable bonds is 9. The number of hydrogen-bond acceptors (Lipinski definition) is 8. The molecule has 2 N–H and O–H groups in total. The van der Waals surface area contributed by atoms with Gasteiger partial charge in [-0.1, -0.05) is 36.2 Å². The number of likely N-dealkylation sites (tertiary alicyclic amines) is 1. The lowest BCUT2D eigenvalue weighted by atomic mass is 9.93. The van der Waals surface area contributed by atoms with Gasteiger partial charge < -0.3 is 15.2 Å². The van der Waals surface area contributed by atoms with Crippen molar-refractivity contribution >= 4 is 52.3 Å². The number of nitrogens with zero attached hydrogens (tertiary/aromatic N) is 3. The first kappa shape index (κ1) is 28.4. The molecule has 0 radical (unpaired) electrons. The first-order valence-electron chi connectivity index (χ1n) is 11.9. The number of aliphatic imine (C=N–C) groups is 1. The zero-order valence-electron chi connectivity index (χ0n) is 20.6. The number of benzene rings is 1. The Morgan fingerprint density at radius 3 is 2.76 bits per heavy atom. The van der Waals surface area contributed by atoms with Crippen LogP contribution in [-0.4, -0.2) is 64.4 Å². The van der Waals surface area contributed by atoms with E-state index in [1.165, 1.54) is 22.3 Å². The molecular formula is C25H26Cl2F2N4O4S. The van der Waals surface area contributed by atoms with E-state index in [9.17, 15) is 23.5 Å². The second-order valence-electron chi connectivity index (χ2n) is 9.23. The SMILES string of the molecule is CCOC(=O)C1=C(CN2CC(F)(F)CC2C(C)CC(=O)O)NC(c2nccs2)=NC1c1ccc(Cl)cc1Cl. The van der Waals surface area contributed by atoms with Crippen LogP contribution in [0.2, 0.25) is 10.0 Å². The molecule has 2 aliphatic heterocycles. The molecule has 3 heterocycles. The van der Waals surface area contributed by atoms with Crippen LogP contribution in [0.15, 0.2) is 46.0 Å². The normalized spacial score (nSPS) is 22.1. The molecule has 4 rings (SSSR count). The molecule has 0 bridgehead atoms. The van der Waals surface area contributed by atoms with Crippen LogP contribution in [0, 0.1) is 5.92 Å². The summed E-state index contributed by atoms with van der Waals surface area (Å²) in [5.74, 6) is -4.95. The quantitative estimate of drug-likeness (QED) is 0.390. The van der Waals surface area contributed by atoms with Gasteiger partial charge in [-0.15, -0.1) is 11.3 Å². The second kappa shape index (κ2) is 11.6. The maximum atomic E-state index is 14.6. The number of aliphatic carboxylic acids is 1. The number of hydrogen-bond donors (Lipinski definition) is 2. The highest BCUT2D eigenvalue weighted by molar-refractivity contribution is 7.11. The number of ether oxygens (including phenoxy) is 1. The number of thiazole rings is 1. The van der Waals surface area contributed by atoms with Crippen LogP contribution in [0.4, 0.5) is 8.78 Å². The van der Waals surface area contributed by atoms with Crippen LogP contribution in [0.5, 0.6) is 0 Å². The summed E-state index contributed by atoms with van der Waals surface area (Å²) in [6.45, 7) is 2.71. The zero-order chi connectivity index (χ0) is 27.6. The Balaban J connectivity index is 1.82. The number of carbonyl (C=O) groups excluding carboxylic acids is 1. The molecule has 38 heavy (non-hydrogen) atoms. The molecule has 1 aromatic carbocycles. The zero-order valence-corrected chi connectivity index (χ0v) is 22.9. The summed E-state index contributed by atoms with van der Waals surface area (Å²) in [5.41, 5.74) is 0.913. The molecule has 2 aliphatic rings. The van der Waals surface area contributed by atoms with Crippen molar-refractivity contribution in [2.75, 3.05) is 19.7 Å². The molecule has 1 saturated heterocycles. The summed E-state index contributed by atoms with van der Waals surface area (Å²) < 4.78 is 34.6. The number of alkyl halides is 2. The van der Waals surface area contributed by atoms with Crippen molar-refractivity contribution in [1.82, 2.24) is 15.2 Å². The minimum atomic E-state index is -3.01. The summed E-state index contributed by atoms with van der Waals surface area (Å²) >= 11 is 13.9. The Bertz CT molecular complexity index is 1270. The average Bonchev–Trinajstić information content (AvgIpc) is 3.46. The summed E-state index contributed by atoms with van der Waals surface area (Å²) in [4.78, 5) is 35.2. The van der Waals surface area contributed by atoms with Crippen molar-refractivity contribution in [2.24, 2.45) is 10.9 Å². The van der Waals surface area contributed by atoms with Gasteiger partial charge in [0.25, 0.3) is 5.92 Å². The molecule has 2 aromatic rings. The summed E-state index contributed by atoms with van der Waals surface area (Å²) in [7, 11) is 0. The van der Waals surface area contributed by atoms with Crippen molar-refractivity contribution in [3.05, 3.63) is 61.7 Å². The Morgan fingerprint density at radius 1 is 1.37 bits per heavy atom. The molecule has 3 unspecified atom stereocenters. The van der Waals surface area contributed by atoms with Gasteiger partial charge in [-0.2, -0.15) is 0 Å². The van der Waals surface area contributed by atoms with Crippen LogP contribution >= 0.6 is 34.5 Å². The van der Waals surface area contributed by atoms with Crippen molar-refractivity contribution in [1.29, 1.82) is 0 Å². The van der Waals surface area contributed by atoms with Crippen LogP contribution in [0.1, 0.15) is 43.3 Å². The van der Waals surface area contributed by atoms with Crippen molar-refractivity contribution in [2.45, 2.75) is 44.7 Å². The fourth-order valence-corrected chi connectivity index (χ4v) is 5.93. The summed E-state index contributed by atoms with van der Waals surface area (Å²) in [6, 6.07) is 3.16. The third-order valence-electron chi connectivity index (χ3n) is 6.44. The third kappa shape index (κ3) is 6.33. The predicted octanol–water partition coefficient (Wildman–Crippen LogP) is 5.18. The van der Waals surface area contributed by atoms with E-state index in [1.54, 1.807) is 37.6 Å². The fraction of sp³-hybridized carbons (Fsp3) is 0.440. The Labute approximate surface area is 232 Å². The number of halogens is 4. The molecule has 13 heteroatoms. The Morgan fingerprint density at radius 2 is 2.13 bits per heavy atom. The second-order valence-corrected chi connectivity index (χ2v) is 11.0. The van der Waals surface area contributed by atoms with Gasteiger partial charge in [0.1, 0.15) is 6.04 Å². The van der Waals surface area contributed by atoms with E-state index in [4.69, 9.17) is 32.9 Å². The number of esters is 1. The largest absolute Gasteiger partial charge is 0.481 e. The number of carboxylic acid groups (broad SMARTS) is 1. The van der Waals surface area contributed by atoms with Crippen molar-refractivity contribution in [3.8, 4) is 0 Å². The van der Waals surface area contributed by atoms with E-state index in [1.807, 2.05) is 0 Å². The molecule has 204 valence electrons. The Hall–Kier alpha value is -2.60.